The van der Waals surface area contributed by atoms with Crippen LogP contribution in [-0.2, 0) is 4.79 Å². The van der Waals surface area contributed by atoms with Crippen LogP contribution in [0, 0.1) is 0 Å². The van der Waals surface area contributed by atoms with Crippen LogP contribution < -0.4 is 10.1 Å². The third-order valence-electron chi connectivity index (χ3n) is 4.86. The van der Waals surface area contributed by atoms with Gasteiger partial charge in [-0.2, -0.15) is 0 Å². The molecule has 0 saturated carbocycles. The molecule has 1 heterocycles. The minimum absolute atomic E-state index is 0.0329. The number of para-hydroxylation sites is 1. The average Bonchev–Trinajstić information content (AvgIpc) is 2.87. The molecule has 0 aromatic heterocycles. The fourth-order valence-corrected chi connectivity index (χ4v) is 3.33. The smallest absolute Gasteiger partial charge is 0.260 e. The van der Waals surface area contributed by atoms with Crippen molar-refractivity contribution in [3.63, 3.8) is 0 Å². The second-order valence-corrected chi connectivity index (χ2v) is 7.35. The van der Waals surface area contributed by atoms with E-state index in [2.05, 4.69) is 30.1 Å². The van der Waals surface area contributed by atoms with E-state index in [1.807, 2.05) is 25.1 Å². The Morgan fingerprint density at radius 2 is 1.80 bits per heavy atom. The van der Waals surface area contributed by atoms with Crippen molar-refractivity contribution >= 4 is 5.91 Å². The first-order chi connectivity index (χ1) is 12.1. The molecule has 140 valence electrons. The minimum atomic E-state index is -0.474. The number of benzene rings is 1. The van der Waals surface area contributed by atoms with Crippen LogP contribution in [-0.4, -0.2) is 43.1 Å². The Balaban J connectivity index is 1.71. The van der Waals surface area contributed by atoms with Gasteiger partial charge in [0.05, 0.1) is 0 Å². The molecule has 1 aromatic rings. The SMILES string of the molecule is CC(C)c1ccccc1O[C@H](C)C(=O)NCCCN1CCCCCC1. The van der Waals surface area contributed by atoms with Crippen LogP contribution >= 0.6 is 0 Å². The third kappa shape index (κ3) is 6.69. The number of carbonyl (C=O) groups excluding carboxylic acids is 1. The molecule has 0 radical (unpaired) electrons. The Morgan fingerprint density at radius 3 is 2.48 bits per heavy atom. The Hall–Kier alpha value is -1.55. The van der Waals surface area contributed by atoms with E-state index in [0.717, 1.165) is 30.8 Å². The zero-order chi connectivity index (χ0) is 18.1. The molecule has 2 rings (SSSR count). The first-order valence-electron chi connectivity index (χ1n) is 9.83. The van der Waals surface area contributed by atoms with E-state index >= 15 is 0 Å². The van der Waals surface area contributed by atoms with Gasteiger partial charge in [-0.15, -0.1) is 0 Å². The second-order valence-electron chi connectivity index (χ2n) is 7.35. The quantitative estimate of drug-likeness (QED) is 0.725. The number of carbonyl (C=O) groups is 1. The summed E-state index contributed by atoms with van der Waals surface area (Å²) in [6, 6.07) is 7.97. The number of ether oxygens (including phenoxy) is 1. The maximum absolute atomic E-state index is 12.3. The monoisotopic (exact) mass is 346 g/mol. The van der Waals surface area contributed by atoms with Crippen molar-refractivity contribution in [1.29, 1.82) is 0 Å². The van der Waals surface area contributed by atoms with Gasteiger partial charge in [0.15, 0.2) is 6.10 Å². The molecule has 0 unspecified atom stereocenters. The summed E-state index contributed by atoms with van der Waals surface area (Å²) in [6.07, 6.45) is 5.87. The van der Waals surface area contributed by atoms with Gasteiger partial charge in [0.1, 0.15) is 5.75 Å². The molecule has 1 fully saturated rings. The van der Waals surface area contributed by atoms with Crippen molar-refractivity contribution in [3.8, 4) is 5.75 Å². The third-order valence-corrected chi connectivity index (χ3v) is 4.86. The van der Waals surface area contributed by atoms with Crippen molar-refractivity contribution in [3.05, 3.63) is 29.8 Å². The van der Waals surface area contributed by atoms with E-state index in [0.29, 0.717) is 5.92 Å². The summed E-state index contributed by atoms with van der Waals surface area (Å²) >= 11 is 0. The van der Waals surface area contributed by atoms with E-state index in [1.54, 1.807) is 0 Å². The lowest BCUT2D eigenvalue weighted by atomic mass is 10.0. The van der Waals surface area contributed by atoms with Gasteiger partial charge in [-0.1, -0.05) is 44.9 Å². The average molecular weight is 347 g/mol. The summed E-state index contributed by atoms with van der Waals surface area (Å²) in [5.74, 6) is 1.15. The van der Waals surface area contributed by atoms with Crippen molar-refractivity contribution < 1.29 is 9.53 Å². The molecule has 0 bridgehead atoms. The van der Waals surface area contributed by atoms with Crippen molar-refractivity contribution in [2.45, 2.75) is 64.9 Å². The lowest BCUT2D eigenvalue weighted by molar-refractivity contribution is -0.127. The van der Waals surface area contributed by atoms with Crippen LogP contribution in [0.4, 0.5) is 0 Å². The number of likely N-dealkylation sites (tertiary alicyclic amines) is 1. The molecule has 1 saturated heterocycles. The highest BCUT2D eigenvalue weighted by atomic mass is 16.5. The molecule has 25 heavy (non-hydrogen) atoms. The second kappa shape index (κ2) is 10.4. The van der Waals surface area contributed by atoms with Crippen LogP contribution in [0.3, 0.4) is 0 Å². The fourth-order valence-electron chi connectivity index (χ4n) is 3.33. The van der Waals surface area contributed by atoms with Crippen LogP contribution in [0.1, 0.15) is 64.4 Å². The topological polar surface area (TPSA) is 41.6 Å². The van der Waals surface area contributed by atoms with Gasteiger partial charge < -0.3 is 15.0 Å². The summed E-state index contributed by atoms with van der Waals surface area (Å²) in [4.78, 5) is 14.8. The van der Waals surface area contributed by atoms with Crippen LogP contribution in [0.25, 0.3) is 0 Å². The standard InChI is InChI=1S/C21H34N2O2/c1-17(2)19-11-6-7-12-20(19)25-18(3)21(24)22-13-10-16-23-14-8-4-5-9-15-23/h6-7,11-12,17-18H,4-5,8-10,13-16H2,1-3H3,(H,22,24)/t18-/m1/s1. The van der Waals surface area contributed by atoms with Crippen molar-refractivity contribution in [2.75, 3.05) is 26.2 Å². The van der Waals surface area contributed by atoms with Gasteiger partial charge in [-0.25, -0.2) is 0 Å². The van der Waals surface area contributed by atoms with Gasteiger partial charge >= 0.3 is 0 Å². The molecule has 0 spiro atoms. The molecular formula is C21H34N2O2. The number of nitrogens with one attached hydrogen (secondary N) is 1. The van der Waals surface area contributed by atoms with Gasteiger partial charge in [0.25, 0.3) is 5.91 Å². The summed E-state index contributed by atoms with van der Waals surface area (Å²) in [5.41, 5.74) is 1.14. The molecule has 1 atom stereocenters. The maximum Gasteiger partial charge on any atom is 0.260 e. The normalized spacial score (nSPS) is 17.1. The van der Waals surface area contributed by atoms with E-state index in [4.69, 9.17) is 4.74 Å². The highest BCUT2D eigenvalue weighted by molar-refractivity contribution is 5.80. The Kier molecular flexibility index (Phi) is 8.26. The number of hydrogen-bond acceptors (Lipinski definition) is 3. The van der Waals surface area contributed by atoms with E-state index < -0.39 is 6.10 Å². The first kappa shape index (κ1) is 19.8. The lowest BCUT2D eigenvalue weighted by Crippen LogP contribution is -2.38. The molecule has 1 N–H and O–H groups in total. The zero-order valence-electron chi connectivity index (χ0n) is 16.1. The van der Waals surface area contributed by atoms with Gasteiger partial charge in [0.2, 0.25) is 0 Å². The van der Waals surface area contributed by atoms with Gasteiger partial charge in [0, 0.05) is 6.54 Å². The number of hydrogen-bond donors (Lipinski definition) is 1. The fraction of sp³-hybridized carbons (Fsp3) is 0.667. The molecule has 1 aromatic carbocycles. The summed E-state index contributed by atoms with van der Waals surface area (Å²) in [5, 5.41) is 3.02. The van der Waals surface area contributed by atoms with Crippen LogP contribution in [0.15, 0.2) is 24.3 Å². The highest BCUT2D eigenvalue weighted by Crippen LogP contribution is 2.26. The van der Waals surface area contributed by atoms with Crippen LogP contribution in [0.5, 0.6) is 5.75 Å². The van der Waals surface area contributed by atoms with Crippen molar-refractivity contribution in [2.24, 2.45) is 0 Å². The van der Waals surface area contributed by atoms with Gasteiger partial charge in [-0.3, -0.25) is 4.79 Å². The Bertz CT molecular complexity index is 522. The lowest BCUT2D eigenvalue weighted by Gasteiger charge is -2.21. The number of nitrogens with zero attached hydrogens (tertiary/aromatic N) is 1. The summed E-state index contributed by atoms with van der Waals surface area (Å²) in [6.45, 7) is 10.3. The Morgan fingerprint density at radius 1 is 1.12 bits per heavy atom. The number of amides is 1. The highest BCUT2D eigenvalue weighted by Gasteiger charge is 2.17. The number of rotatable bonds is 8. The summed E-state index contributed by atoms with van der Waals surface area (Å²) < 4.78 is 5.91. The molecule has 1 aliphatic rings. The first-order valence-corrected chi connectivity index (χ1v) is 9.83. The van der Waals surface area contributed by atoms with E-state index in [1.165, 1.54) is 38.8 Å². The molecule has 1 amide bonds. The largest absolute Gasteiger partial charge is 0.481 e. The molecular weight excluding hydrogens is 312 g/mol. The maximum atomic E-state index is 12.3. The van der Waals surface area contributed by atoms with E-state index in [-0.39, 0.29) is 5.91 Å². The Labute approximate surface area is 152 Å². The molecule has 4 heteroatoms. The predicted octanol–water partition coefficient (Wildman–Crippen LogP) is 3.96. The van der Waals surface area contributed by atoms with Crippen molar-refractivity contribution in [1.82, 2.24) is 10.2 Å². The predicted molar refractivity (Wildman–Crippen MR) is 103 cm³/mol. The van der Waals surface area contributed by atoms with Gasteiger partial charge in [-0.05, 0) is 63.4 Å². The van der Waals surface area contributed by atoms with E-state index in [9.17, 15) is 4.79 Å². The zero-order valence-corrected chi connectivity index (χ0v) is 16.1. The van der Waals surface area contributed by atoms with Crippen LogP contribution in [0.2, 0.25) is 0 Å². The minimum Gasteiger partial charge on any atom is -0.481 e. The molecule has 0 aliphatic carbocycles. The molecule has 4 nitrogen and oxygen atoms in total. The summed E-state index contributed by atoms with van der Waals surface area (Å²) in [7, 11) is 0. The molecule has 1 aliphatic heterocycles.